The number of ether oxygens (including phenoxy) is 1. The number of guanidine groups is 1. The van der Waals surface area contributed by atoms with Crippen LogP contribution in [0.2, 0.25) is 5.15 Å². The van der Waals surface area contributed by atoms with Gasteiger partial charge < -0.3 is 15.4 Å². The number of rotatable bonds is 7. The summed E-state index contributed by atoms with van der Waals surface area (Å²) in [6, 6.07) is 3.77. The van der Waals surface area contributed by atoms with Gasteiger partial charge in [-0.2, -0.15) is 0 Å². The molecule has 1 aromatic heterocycles. The smallest absolute Gasteiger partial charge is 0.191 e. The zero-order valence-electron chi connectivity index (χ0n) is 11.9. The van der Waals surface area contributed by atoms with E-state index in [9.17, 15) is 0 Å². The van der Waals surface area contributed by atoms with Crippen molar-refractivity contribution in [3.05, 3.63) is 29.0 Å². The van der Waals surface area contributed by atoms with E-state index in [0.717, 1.165) is 37.6 Å². The summed E-state index contributed by atoms with van der Waals surface area (Å²) in [4.78, 5) is 8.18. The van der Waals surface area contributed by atoms with Crippen molar-refractivity contribution < 1.29 is 4.74 Å². The van der Waals surface area contributed by atoms with Gasteiger partial charge in [-0.05, 0) is 25.0 Å². The summed E-state index contributed by atoms with van der Waals surface area (Å²) < 4.78 is 5.25. The first kappa shape index (κ1) is 19.4. The molecule has 0 atom stereocenters. The second kappa shape index (κ2) is 12.2. The van der Waals surface area contributed by atoms with Crippen LogP contribution < -0.4 is 10.6 Å². The van der Waals surface area contributed by atoms with Crippen LogP contribution in [-0.2, 0) is 11.2 Å². The van der Waals surface area contributed by atoms with Crippen molar-refractivity contribution in [3.8, 4) is 0 Å². The third kappa shape index (κ3) is 8.55. The van der Waals surface area contributed by atoms with Gasteiger partial charge in [-0.25, -0.2) is 4.98 Å². The number of halogens is 2. The molecular weight excluding hydrogens is 391 g/mol. The highest BCUT2D eigenvalue weighted by Crippen LogP contribution is 2.05. The molecule has 0 fully saturated rings. The largest absolute Gasteiger partial charge is 0.380 e. The lowest BCUT2D eigenvalue weighted by molar-refractivity contribution is 0.152. The van der Waals surface area contributed by atoms with E-state index in [1.54, 1.807) is 19.3 Å². The number of hydrogen-bond donors (Lipinski definition) is 2. The molecule has 5 nitrogen and oxygen atoms in total. The molecule has 0 bridgehead atoms. The molecule has 0 radical (unpaired) electrons. The molecule has 0 aliphatic carbocycles. The normalized spacial score (nSPS) is 10.8. The predicted molar refractivity (Wildman–Crippen MR) is 94.2 cm³/mol. The summed E-state index contributed by atoms with van der Waals surface area (Å²) in [5, 5.41) is 6.93. The Kier molecular flexibility index (Phi) is 11.8. The Labute approximate surface area is 142 Å². The lowest BCUT2D eigenvalue weighted by Crippen LogP contribution is -2.39. The van der Waals surface area contributed by atoms with Gasteiger partial charge in [-0.3, -0.25) is 4.99 Å². The third-order valence-corrected chi connectivity index (χ3v) is 2.68. The van der Waals surface area contributed by atoms with Gasteiger partial charge in [0, 0.05) is 32.9 Å². The minimum atomic E-state index is 0. The fourth-order valence-electron chi connectivity index (χ4n) is 1.49. The van der Waals surface area contributed by atoms with E-state index >= 15 is 0 Å². The highest BCUT2D eigenvalue weighted by atomic mass is 127. The molecule has 2 N–H and O–H groups in total. The molecule has 0 saturated heterocycles. The molecule has 0 aliphatic heterocycles. The lowest BCUT2D eigenvalue weighted by atomic mass is 10.2. The van der Waals surface area contributed by atoms with Crippen molar-refractivity contribution in [2.45, 2.75) is 13.3 Å². The van der Waals surface area contributed by atoms with Crippen LogP contribution in [0.25, 0.3) is 0 Å². The molecule has 0 saturated carbocycles. The van der Waals surface area contributed by atoms with Crippen LogP contribution >= 0.6 is 35.6 Å². The minimum Gasteiger partial charge on any atom is -0.380 e. The van der Waals surface area contributed by atoms with Gasteiger partial charge in [0.05, 0.1) is 6.61 Å². The molecular formula is C13H22ClIN4O. The first-order chi connectivity index (χ1) is 9.26. The summed E-state index contributed by atoms with van der Waals surface area (Å²) in [6.45, 7) is 4.93. The van der Waals surface area contributed by atoms with Crippen LogP contribution in [0.15, 0.2) is 23.3 Å². The van der Waals surface area contributed by atoms with E-state index < -0.39 is 0 Å². The van der Waals surface area contributed by atoms with E-state index in [1.807, 2.05) is 13.0 Å². The van der Waals surface area contributed by atoms with E-state index in [4.69, 9.17) is 16.3 Å². The van der Waals surface area contributed by atoms with Crippen LogP contribution in [0.4, 0.5) is 0 Å². The van der Waals surface area contributed by atoms with E-state index in [0.29, 0.717) is 11.8 Å². The van der Waals surface area contributed by atoms with Gasteiger partial charge in [0.2, 0.25) is 0 Å². The summed E-state index contributed by atoms with van der Waals surface area (Å²) in [6.07, 6.45) is 2.66. The van der Waals surface area contributed by atoms with Gasteiger partial charge in [0.1, 0.15) is 5.15 Å². The van der Waals surface area contributed by atoms with Crippen LogP contribution in [0, 0.1) is 0 Å². The van der Waals surface area contributed by atoms with E-state index in [1.165, 1.54) is 0 Å². The molecule has 0 spiro atoms. The van der Waals surface area contributed by atoms with Crippen molar-refractivity contribution in [1.29, 1.82) is 0 Å². The molecule has 114 valence electrons. The Morgan fingerprint density at radius 2 is 2.10 bits per heavy atom. The highest BCUT2D eigenvalue weighted by Gasteiger charge is 1.98. The number of aromatic nitrogens is 1. The number of nitrogens with one attached hydrogen (secondary N) is 2. The van der Waals surface area contributed by atoms with Crippen molar-refractivity contribution >= 4 is 41.5 Å². The van der Waals surface area contributed by atoms with E-state index in [-0.39, 0.29) is 24.0 Å². The predicted octanol–water partition coefficient (Wildman–Crippen LogP) is 2.10. The first-order valence-electron chi connectivity index (χ1n) is 6.39. The maximum Gasteiger partial charge on any atom is 0.191 e. The maximum absolute atomic E-state index is 5.73. The molecule has 0 unspecified atom stereocenters. The molecule has 1 rings (SSSR count). The molecule has 7 heteroatoms. The maximum atomic E-state index is 5.73. The number of pyridine rings is 1. The van der Waals surface area contributed by atoms with Gasteiger partial charge in [-0.15, -0.1) is 24.0 Å². The summed E-state index contributed by atoms with van der Waals surface area (Å²) in [5.74, 6) is 0.779. The molecule has 0 aromatic carbocycles. The van der Waals surface area contributed by atoms with Crippen molar-refractivity contribution in [2.75, 3.05) is 33.4 Å². The lowest BCUT2D eigenvalue weighted by Gasteiger charge is -2.11. The van der Waals surface area contributed by atoms with Crippen molar-refractivity contribution in [2.24, 2.45) is 4.99 Å². The standard InChI is InChI=1S/C13H21ClN4O.HI/c1-3-19-9-8-17-13(15-2)16-7-6-11-4-5-12(14)18-10-11;/h4-5,10H,3,6-9H2,1-2H3,(H2,15,16,17);1H. The fraction of sp³-hybridized carbons (Fsp3) is 0.538. The van der Waals surface area contributed by atoms with Gasteiger partial charge >= 0.3 is 0 Å². The van der Waals surface area contributed by atoms with Crippen LogP contribution in [0.5, 0.6) is 0 Å². The SMILES string of the molecule is CCOCCNC(=NC)NCCc1ccc(Cl)nc1.I. The Morgan fingerprint density at radius 3 is 2.70 bits per heavy atom. The van der Waals surface area contributed by atoms with Gasteiger partial charge in [0.25, 0.3) is 0 Å². The number of nitrogens with zero attached hydrogens (tertiary/aromatic N) is 2. The van der Waals surface area contributed by atoms with E-state index in [2.05, 4.69) is 20.6 Å². The van der Waals surface area contributed by atoms with Crippen molar-refractivity contribution in [1.82, 2.24) is 15.6 Å². The monoisotopic (exact) mass is 412 g/mol. The fourth-order valence-corrected chi connectivity index (χ4v) is 1.60. The third-order valence-electron chi connectivity index (χ3n) is 2.46. The quantitative estimate of drug-likeness (QED) is 0.237. The topological polar surface area (TPSA) is 58.5 Å². The molecule has 20 heavy (non-hydrogen) atoms. The van der Waals surface area contributed by atoms with Crippen molar-refractivity contribution in [3.63, 3.8) is 0 Å². The Bertz CT molecular complexity index is 386. The summed E-state index contributed by atoms with van der Waals surface area (Å²) >= 11 is 5.73. The molecule has 0 amide bonds. The number of aliphatic imine (C=N–C) groups is 1. The molecule has 1 heterocycles. The highest BCUT2D eigenvalue weighted by molar-refractivity contribution is 14.0. The zero-order chi connectivity index (χ0) is 13.9. The van der Waals surface area contributed by atoms with Crippen LogP contribution in [-0.4, -0.2) is 44.3 Å². The average molecular weight is 413 g/mol. The molecule has 0 aliphatic rings. The Hall–Kier alpha value is -0.600. The summed E-state index contributed by atoms with van der Waals surface area (Å²) in [5.41, 5.74) is 1.14. The zero-order valence-corrected chi connectivity index (χ0v) is 14.9. The van der Waals surface area contributed by atoms with Gasteiger partial charge in [0.15, 0.2) is 5.96 Å². The average Bonchev–Trinajstić information content (AvgIpc) is 2.43. The summed E-state index contributed by atoms with van der Waals surface area (Å²) in [7, 11) is 1.75. The second-order valence-corrected chi connectivity index (χ2v) is 4.25. The van der Waals surface area contributed by atoms with Crippen LogP contribution in [0.3, 0.4) is 0 Å². The van der Waals surface area contributed by atoms with Crippen LogP contribution in [0.1, 0.15) is 12.5 Å². The first-order valence-corrected chi connectivity index (χ1v) is 6.76. The molecule has 1 aromatic rings. The van der Waals surface area contributed by atoms with Gasteiger partial charge in [-0.1, -0.05) is 17.7 Å². The Balaban J connectivity index is 0.00000361. The minimum absolute atomic E-state index is 0. The number of hydrogen-bond acceptors (Lipinski definition) is 3. The Morgan fingerprint density at radius 1 is 1.35 bits per heavy atom. The second-order valence-electron chi connectivity index (χ2n) is 3.86.